The van der Waals surface area contributed by atoms with Crippen LogP contribution in [0.15, 0.2) is 42.5 Å². The highest BCUT2D eigenvalue weighted by molar-refractivity contribution is 6.05. The number of likely N-dealkylation sites (tertiary alicyclic amines) is 1. The summed E-state index contributed by atoms with van der Waals surface area (Å²) in [6, 6.07) is 11.2. The molecular formula is C24H26N2O6. The lowest BCUT2D eigenvalue weighted by Crippen LogP contribution is -2.52. The molecule has 2 amide bonds. The monoisotopic (exact) mass is 438 g/mol. The summed E-state index contributed by atoms with van der Waals surface area (Å²) in [6.07, 6.45) is 1.94. The molecule has 2 aromatic carbocycles. The molecule has 0 spiro atoms. The van der Waals surface area contributed by atoms with Gasteiger partial charge in [-0.3, -0.25) is 19.3 Å². The minimum absolute atomic E-state index is 0.0956. The number of carbonyl (C=O) groups excluding carboxylic acids is 3. The lowest BCUT2D eigenvalue weighted by atomic mass is 10.1. The largest absolute Gasteiger partial charge is 0.497 e. The minimum atomic E-state index is -0.679. The highest BCUT2D eigenvalue weighted by Gasteiger charge is 2.36. The SMILES string of the molecule is COc1cccc(OCC(=O)c2ccc3c(c2)N(C(C)C(=O)N2CCCC2)C(=O)CO3)c1. The number of benzene rings is 2. The first-order chi connectivity index (χ1) is 15.5. The topological polar surface area (TPSA) is 85.4 Å². The maximum absolute atomic E-state index is 12.9. The summed E-state index contributed by atoms with van der Waals surface area (Å²) in [5.74, 6) is 0.951. The van der Waals surface area contributed by atoms with E-state index in [1.807, 2.05) is 0 Å². The average molecular weight is 438 g/mol. The molecule has 2 heterocycles. The first-order valence-electron chi connectivity index (χ1n) is 10.7. The summed E-state index contributed by atoms with van der Waals surface area (Å²) in [7, 11) is 1.56. The Kier molecular flexibility index (Phi) is 6.30. The summed E-state index contributed by atoms with van der Waals surface area (Å²) in [5, 5.41) is 0. The van der Waals surface area contributed by atoms with Crippen molar-refractivity contribution in [3.05, 3.63) is 48.0 Å². The van der Waals surface area contributed by atoms with Crippen LogP contribution < -0.4 is 19.1 Å². The van der Waals surface area contributed by atoms with E-state index in [1.54, 1.807) is 61.4 Å². The van der Waals surface area contributed by atoms with E-state index >= 15 is 0 Å². The molecule has 8 nitrogen and oxygen atoms in total. The molecule has 8 heteroatoms. The van der Waals surface area contributed by atoms with Gasteiger partial charge in [-0.05, 0) is 50.1 Å². The lowest BCUT2D eigenvalue weighted by Gasteiger charge is -2.35. The third-order valence-electron chi connectivity index (χ3n) is 5.73. The van der Waals surface area contributed by atoms with Gasteiger partial charge in [-0.15, -0.1) is 0 Å². The zero-order valence-electron chi connectivity index (χ0n) is 18.2. The first kappa shape index (κ1) is 21.7. The summed E-state index contributed by atoms with van der Waals surface area (Å²) < 4.78 is 16.3. The second-order valence-corrected chi connectivity index (χ2v) is 7.83. The van der Waals surface area contributed by atoms with Gasteiger partial charge in [0, 0.05) is 24.7 Å². The molecule has 1 atom stereocenters. The molecule has 2 aliphatic heterocycles. The molecule has 0 saturated carbocycles. The second-order valence-electron chi connectivity index (χ2n) is 7.83. The average Bonchev–Trinajstić information content (AvgIpc) is 3.36. The lowest BCUT2D eigenvalue weighted by molar-refractivity contribution is -0.133. The molecule has 0 aromatic heterocycles. The molecule has 4 rings (SSSR count). The van der Waals surface area contributed by atoms with Gasteiger partial charge in [0.2, 0.25) is 5.91 Å². The Balaban J connectivity index is 1.53. The molecule has 0 aliphatic carbocycles. The predicted molar refractivity (Wildman–Crippen MR) is 118 cm³/mol. The van der Waals surface area contributed by atoms with Crippen molar-refractivity contribution in [1.82, 2.24) is 4.90 Å². The van der Waals surface area contributed by atoms with Crippen molar-refractivity contribution in [3.63, 3.8) is 0 Å². The number of hydrogen-bond acceptors (Lipinski definition) is 6. The van der Waals surface area contributed by atoms with E-state index in [1.165, 1.54) is 4.90 Å². The molecule has 1 fully saturated rings. The minimum Gasteiger partial charge on any atom is -0.497 e. The Hall–Kier alpha value is -3.55. The summed E-state index contributed by atoms with van der Waals surface area (Å²) >= 11 is 0. The Morgan fingerprint density at radius 1 is 1.09 bits per heavy atom. The number of ketones is 1. The van der Waals surface area contributed by atoms with Crippen LogP contribution in [-0.2, 0) is 9.59 Å². The van der Waals surface area contributed by atoms with Crippen LogP contribution in [0.5, 0.6) is 17.2 Å². The van der Waals surface area contributed by atoms with E-state index in [-0.39, 0.29) is 30.8 Å². The molecule has 0 radical (unpaired) electrons. The number of anilines is 1. The number of methoxy groups -OCH3 is 1. The number of hydrogen-bond donors (Lipinski definition) is 0. The molecule has 1 unspecified atom stereocenters. The van der Waals surface area contributed by atoms with Crippen LogP contribution in [0, 0.1) is 0 Å². The van der Waals surface area contributed by atoms with Crippen molar-refractivity contribution >= 4 is 23.3 Å². The van der Waals surface area contributed by atoms with Crippen LogP contribution in [0.25, 0.3) is 0 Å². The van der Waals surface area contributed by atoms with Crippen molar-refractivity contribution < 1.29 is 28.6 Å². The zero-order valence-corrected chi connectivity index (χ0v) is 18.2. The molecule has 2 aromatic rings. The van der Waals surface area contributed by atoms with Crippen LogP contribution in [-0.4, -0.2) is 62.0 Å². The van der Waals surface area contributed by atoms with Gasteiger partial charge in [0.1, 0.15) is 23.3 Å². The molecule has 2 aliphatic rings. The van der Waals surface area contributed by atoms with E-state index in [0.717, 1.165) is 12.8 Å². The number of amides is 2. The summed E-state index contributed by atoms with van der Waals surface area (Å²) in [4.78, 5) is 41.6. The molecule has 1 saturated heterocycles. The molecular weight excluding hydrogens is 412 g/mol. The van der Waals surface area contributed by atoms with Crippen LogP contribution in [0.2, 0.25) is 0 Å². The number of carbonyl (C=O) groups is 3. The van der Waals surface area contributed by atoms with E-state index in [4.69, 9.17) is 14.2 Å². The van der Waals surface area contributed by atoms with Gasteiger partial charge in [0.15, 0.2) is 19.0 Å². The normalized spacial score (nSPS) is 16.2. The molecule has 0 N–H and O–H groups in total. The van der Waals surface area contributed by atoms with Crippen molar-refractivity contribution in [2.75, 3.05) is 38.3 Å². The third kappa shape index (κ3) is 4.39. The number of fused-ring (bicyclic) bond motifs is 1. The van der Waals surface area contributed by atoms with E-state index in [9.17, 15) is 14.4 Å². The van der Waals surface area contributed by atoms with Crippen molar-refractivity contribution in [2.24, 2.45) is 0 Å². The number of ether oxygens (including phenoxy) is 3. The van der Waals surface area contributed by atoms with Crippen LogP contribution in [0.4, 0.5) is 5.69 Å². The van der Waals surface area contributed by atoms with Gasteiger partial charge in [-0.25, -0.2) is 0 Å². The summed E-state index contributed by atoms with van der Waals surface area (Å²) in [5.41, 5.74) is 0.796. The number of nitrogens with zero attached hydrogens (tertiary/aromatic N) is 2. The van der Waals surface area contributed by atoms with Gasteiger partial charge in [-0.1, -0.05) is 6.07 Å². The Morgan fingerprint density at radius 3 is 2.59 bits per heavy atom. The Labute approximate surface area is 186 Å². The third-order valence-corrected chi connectivity index (χ3v) is 5.73. The Bertz CT molecular complexity index is 1030. The number of rotatable bonds is 7. The van der Waals surface area contributed by atoms with Crippen molar-refractivity contribution in [2.45, 2.75) is 25.8 Å². The van der Waals surface area contributed by atoms with Gasteiger partial charge < -0.3 is 19.1 Å². The quantitative estimate of drug-likeness (QED) is 0.618. The molecule has 0 bridgehead atoms. The van der Waals surface area contributed by atoms with E-state index in [2.05, 4.69) is 0 Å². The van der Waals surface area contributed by atoms with E-state index in [0.29, 0.717) is 41.6 Å². The maximum Gasteiger partial charge on any atom is 0.265 e. The fourth-order valence-electron chi connectivity index (χ4n) is 4.00. The van der Waals surface area contributed by atoms with E-state index < -0.39 is 6.04 Å². The highest BCUT2D eigenvalue weighted by atomic mass is 16.5. The van der Waals surface area contributed by atoms with Gasteiger partial charge in [-0.2, -0.15) is 0 Å². The molecule has 168 valence electrons. The first-order valence-corrected chi connectivity index (χ1v) is 10.7. The van der Waals surface area contributed by atoms with Crippen molar-refractivity contribution in [3.8, 4) is 17.2 Å². The fraction of sp³-hybridized carbons (Fsp3) is 0.375. The van der Waals surface area contributed by atoms with Crippen LogP contribution in [0.1, 0.15) is 30.1 Å². The Morgan fingerprint density at radius 2 is 1.84 bits per heavy atom. The van der Waals surface area contributed by atoms with Crippen LogP contribution >= 0.6 is 0 Å². The predicted octanol–water partition coefficient (Wildman–Crippen LogP) is 2.69. The number of Topliss-reactive ketones (excluding diaryl/α,β-unsaturated/α-hetero) is 1. The zero-order chi connectivity index (χ0) is 22.7. The van der Waals surface area contributed by atoms with Crippen molar-refractivity contribution in [1.29, 1.82) is 0 Å². The molecule has 32 heavy (non-hydrogen) atoms. The van der Waals surface area contributed by atoms with Gasteiger partial charge in [0.05, 0.1) is 12.8 Å². The maximum atomic E-state index is 12.9. The van der Waals surface area contributed by atoms with Crippen LogP contribution in [0.3, 0.4) is 0 Å². The van der Waals surface area contributed by atoms with Gasteiger partial charge in [0.25, 0.3) is 5.91 Å². The summed E-state index contributed by atoms with van der Waals surface area (Å²) in [6.45, 7) is 2.80. The second kappa shape index (κ2) is 9.30. The standard InChI is InChI=1S/C24H26N2O6/c1-16(24(29)25-10-3-4-11-25)26-20-12-17(8-9-22(20)32-15-23(26)28)21(27)14-31-19-7-5-6-18(13-19)30-2/h5-9,12-13,16H,3-4,10-11,14-15H2,1-2H3. The fourth-order valence-corrected chi connectivity index (χ4v) is 4.00. The van der Waals surface area contributed by atoms with Gasteiger partial charge >= 0.3 is 0 Å². The smallest absolute Gasteiger partial charge is 0.265 e. The highest BCUT2D eigenvalue weighted by Crippen LogP contribution is 2.35.